The van der Waals surface area contributed by atoms with Crippen molar-refractivity contribution in [1.82, 2.24) is 4.90 Å². The fourth-order valence-electron chi connectivity index (χ4n) is 1.46. The number of amides is 1. The van der Waals surface area contributed by atoms with E-state index in [1.165, 1.54) is 0 Å². The van der Waals surface area contributed by atoms with Gasteiger partial charge in [-0.25, -0.2) is 0 Å². The lowest BCUT2D eigenvalue weighted by Gasteiger charge is -2.13. The molecule has 1 amide bonds. The zero-order valence-corrected chi connectivity index (χ0v) is 7.23. The van der Waals surface area contributed by atoms with Crippen molar-refractivity contribution in [2.24, 2.45) is 5.92 Å². The van der Waals surface area contributed by atoms with E-state index < -0.39 is 6.10 Å². The van der Waals surface area contributed by atoms with Gasteiger partial charge in [0.05, 0.1) is 12.7 Å². The number of β-amino-alcohol motifs (C(OH)–C–C–N with tert-alkyl or cyclic N) is 1. The van der Waals surface area contributed by atoms with Crippen molar-refractivity contribution < 1.29 is 15.0 Å². The van der Waals surface area contributed by atoms with Crippen molar-refractivity contribution in [2.75, 3.05) is 19.7 Å². The van der Waals surface area contributed by atoms with Crippen LogP contribution in [0.15, 0.2) is 0 Å². The SMILES string of the molecule is CCC(=O)N1C[C@@H](CO)[C@@H](O)C1. The van der Waals surface area contributed by atoms with Crippen LogP contribution in [0.2, 0.25) is 0 Å². The first-order chi connectivity index (χ1) is 5.69. The van der Waals surface area contributed by atoms with Gasteiger partial charge in [-0.15, -0.1) is 0 Å². The van der Waals surface area contributed by atoms with E-state index >= 15 is 0 Å². The van der Waals surface area contributed by atoms with Crippen LogP contribution in [0.25, 0.3) is 0 Å². The van der Waals surface area contributed by atoms with Crippen molar-refractivity contribution in [3.05, 3.63) is 0 Å². The van der Waals surface area contributed by atoms with Crippen LogP contribution in [-0.2, 0) is 4.79 Å². The average Bonchev–Trinajstić information content (AvgIpc) is 2.45. The number of hydrogen-bond acceptors (Lipinski definition) is 3. The molecule has 0 aromatic carbocycles. The Morgan fingerprint density at radius 3 is 2.67 bits per heavy atom. The molecule has 2 N–H and O–H groups in total. The van der Waals surface area contributed by atoms with E-state index in [9.17, 15) is 9.90 Å². The van der Waals surface area contributed by atoms with E-state index in [0.29, 0.717) is 19.5 Å². The molecule has 0 unspecified atom stereocenters. The second-order valence-electron chi connectivity index (χ2n) is 3.16. The summed E-state index contributed by atoms with van der Waals surface area (Å²) in [5.74, 6) is -0.106. The standard InChI is InChI=1S/C8H15NO3/c1-2-8(12)9-3-6(5-10)7(11)4-9/h6-7,10-11H,2-5H2,1H3/t6-,7-/m0/s1. The lowest BCUT2D eigenvalue weighted by molar-refractivity contribution is -0.130. The molecule has 0 saturated carbocycles. The van der Waals surface area contributed by atoms with Crippen molar-refractivity contribution in [1.29, 1.82) is 0 Å². The smallest absolute Gasteiger partial charge is 0.222 e. The Kier molecular flexibility index (Phi) is 3.05. The molecule has 12 heavy (non-hydrogen) atoms. The molecule has 1 heterocycles. The normalized spacial score (nSPS) is 29.4. The molecule has 1 saturated heterocycles. The van der Waals surface area contributed by atoms with Crippen LogP contribution in [0.4, 0.5) is 0 Å². The Labute approximate surface area is 71.8 Å². The lowest BCUT2D eigenvalue weighted by Crippen LogP contribution is -2.28. The Morgan fingerprint density at radius 2 is 2.25 bits per heavy atom. The number of rotatable bonds is 2. The third-order valence-electron chi connectivity index (χ3n) is 2.30. The van der Waals surface area contributed by atoms with Gasteiger partial charge in [0.15, 0.2) is 0 Å². The highest BCUT2D eigenvalue weighted by atomic mass is 16.3. The molecular weight excluding hydrogens is 158 g/mol. The van der Waals surface area contributed by atoms with Crippen molar-refractivity contribution in [3.63, 3.8) is 0 Å². The molecule has 1 aliphatic rings. The molecule has 4 heteroatoms. The minimum Gasteiger partial charge on any atom is -0.396 e. The van der Waals surface area contributed by atoms with Gasteiger partial charge in [0.25, 0.3) is 0 Å². The predicted octanol–water partition coefficient (Wildman–Crippen LogP) is -0.792. The molecule has 4 nitrogen and oxygen atoms in total. The van der Waals surface area contributed by atoms with Crippen LogP contribution >= 0.6 is 0 Å². The van der Waals surface area contributed by atoms with E-state index in [-0.39, 0.29) is 18.4 Å². The van der Waals surface area contributed by atoms with E-state index in [4.69, 9.17) is 5.11 Å². The summed E-state index contributed by atoms with van der Waals surface area (Å²) in [4.78, 5) is 12.8. The number of likely N-dealkylation sites (tertiary alicyclic amines) is 1. The predicted molar refractivity (Wildman–Crippen MR) is 43.5 cm³/mol. The molecule has 1 rings (SSSR count). The third kappa shape index (κ3) is 1.76. The summed E-state index contributed by atoms with van der Waals surface area (Å²) in [7, 11) is 0. The fourth-order valence-corrected chi connectivity index (χ4v) is 1.46. The van der Waals surface area contributed by atoms with E-state index in [0.717, 1.165) is 0 Å². The lowest BCUT2D eigenvalue weighted by atomic mass is 10.1. The number of hydrogen-bond donors (Lipinski definition) is 2. The average molecular weight is 173 g/mol. The number of aliphatic hydroxyl groups excluding tert-OH is 2. The second kappa shape index (κ2) is 3.87. The first kappa shape index (κ1) is 9.48. The molecule has 1 fully saturated rings. The van der Waals surface area contributed by atoms with Crippen molar-refractivity contribution in [3.8, 4) is 0 Å². The first-order valence-electron chi connectivity index (χ1n) is 4.25. The zero-order valence-electron chi connectivity index (χ0n) is 7.23. The first-order valence-corrected chi connectivity index (χ1v) is 4.25. The monoisotopic (exact) mass is 173 g/mol. The third-order valence-corrected chi connectivity index (χ3v) is 2.30. The van der Waals surface area contributed by atoms with Crippen LogP contribution in [0, 0.1) is 5.92 Å². The van der Waals surface area contributed by atoms with Gasteiger partial charge in [0, 0.05) is 25.4 Å². The molecule has 70 valence electrons. The maximum Gasteiger partial charge on any atom is 0.222 e. The molecule has 0 spiro atoms. The Balaban J connectivity index is 2.48. The summed E-state index contributed by atoms with van der Waals surface area (Å²) in [6.07, 6.45) is -0.0873. The van der Waals surface area contributed by atoms with Gasteiger partial charge in [-0.1, -0.05) is 6.92 Å². The zero-order chi connectivity index (χ0) is 9.14. The van der Waals surface area contributed by atoms with E-state index in [2.05, 4.69) is 0 Å². The Bertz CT molecular complexity index is 172. The van der Waals surface area contributed by atoms with Gasteiger partial charge in [0.2, 0.25) is 5.91 Å². The summed E-state index contributed by atoms with van der Waals surface area (Å²) >= 11 is 0. The van der Waals surface area contributed by atoms with Crippen molar-refractivity contribution in [2.45, 2.75) is 19.4 Å². The summed E-state index contributed by atoms with van der Waals surface area (Å²) < 4.78 is 0. The largest absolute Gasteiger partial charge is 0.396 e. The highest BCUT2D eigenvalue weighted by molar-refractivity contribution is 5.76. The fraction of sp³-hybridized carbons (Fsp3) is 0.875. The summed E-state index contributed by atoms with van der Waals surface area (Å²) in [6.45, 7) is 2.61. The van der Waals surface area contributed by atoms with Crippen LogP contribution < -0.4 is 0 Å². The quantitative estimate of drug-likeness (QED) is 0.575. The van der Waals surface area contributed by atoms with Crippen molar-refractivity contribution >= 4 is 5.91 Å². The van der Waals surface area contributed by atoms with Gasteiger partial charge in [-0.3, -0.25) is 4.79 Å². The summed E-state index contributed by atoms with van der Waals surface area (Å²) in [5, 5.41) is 18.2. The number of carbonyl (C=O) groups is 1. The molecule has 0 aromatic heterocycles. The van der Waals surface area contributed by atoms with E-state index in [1.807, 2.05) is 0 Å². The molecule has 2 atom stereocenters. The molecule has 0 bridgehead atoms. The van der Waals surface area contributed by atoms with Gasteiger partial charge >= 0.3 is 0 Å². The van der Waals surface area contributed by atoms with Crippen LogP contribution in [0.3, 0.4) is 0 Å². The molecule has 0 aromatic rings. The molecule has 1 aliphatic heterocycles. The Hall–Kier alpha value is -0.610. The summed E-state index contributed by atoms with van der Waals surface area (Å²) in [5.41, 5.74) is 0. The minimum atomic E-state index is -0.550. The number of nitrogens with zero attached hydrogens (tertiary/aromatic N) is 1. The van der Waals surface area contributed by atoms with Crippen LogP contribution in [0.5, 0.6) is 0 Å². The summed E-state index contributed by atoms with van der Waals surface area (Å²) in [6, 6.07) is 0. The van der Waals surface area contributed by atoms with Gasteiger partial charge in [0.1, 0.15) is 0 Å². The molecule has 0 radical (unpaired) electrons. The van der Waals surface area contributed by atoms with Crippen LogP contribution in [0.1, 0.15) is 13.3 Å². The van der Waals surface area contributed by atoms with Crippen LogP contribution in [-0.4, -0.2) is 46.8 Å². The Morgan fingerprint density at radius 1 is 1.58 bits per heavy atom. The van der Waals surface area contributed by atoms with E-state index in [1.54, 1.807) is 11.8 Å². The van der Waals surface area contributed by atoms with Gasteiger partial charge in [-0.05, 0) is 0 Å². The molecular formula is C8H15NO3. The highest BCUT2D eigenvalue weighted by Gasteiger charge is 2.32. The number of aliphatic hydroxyl groups is 2. The van der Waals surface area contributed by atoms with Gasteiger partial charge in [-0.2, -0.15) is 0 Å². The number of carbonyl (C=O) groups excluding carboxylic acids is 1. The minimum absolute atomic E-state index is 0.0463. The topological polar surface area (TPSA) is 60.8 Å². The molecule has 0 aliphatic carbocycles. The maximum absolute atomic E-state index is 11.2. The van der Waals surface area contributed by atoms with Gasteiger partial charge < -0.3 is 15.1 Å². The second-order valence-corrected chi connectivity index (χ2v) is 3.16. The highest BCUT2D eigenvalue weighted by Crippen LogP contribution is 2.16. The maximum atomic E-state index is 11.2.